The molecule has 2 unspecified atom stereocenters. The van der Waals surface area contributed by atoms with Gasteiger partial charge < -0.3 is 16.8 Å². The van der Waals surface area contributed by atoms with E-state index in [-0.39, 0.29) is 18.3 Å². The minimum atomic E-state index is -0.551. The smallest absolute Gasteiger partial charge is 0.236 e. The van der Waals surface area contributed by atoms with Gasteiger partial charge >= 0.3 is 0 Å². The van der Waals surface area contributed by atoms with E-state index in [2.05, 4.69) is 12.2 Å². The monoisotopic (exact) mass is 237 g/mol. The molecule has 0 aromatic heterocycles. The van der Waals surface area contributed by atoms with Gasteiger partial charge in [-0.2, -0.15) is 0 Å². The molecule has 2 atom stereocenters. The quantitative estimate of drug-likeness (QED) is 0.550. The average Bonchev–Trinajstić information content (AvgIpc) is 2.35. The summed E-state index contributed by atoms with van der Waals surface area (Å²) < 4.78 is 0. The first kappa shape index (κ1) is 18.9. The van der Waals surface area contributed by atoms with Crippen molar-refractivity contribution in [1.29, 1.82) is 0 Å². The van der Waals surface area contributed by atoms with Crippen molar-refractivity contribution in [2.24, 2.45) is 11.5 Å². The molecule has 0 heterocycles. The Morgan fingerprint density at radius 3 is 2.18 bits per heavy atom. The van der Waals surface area contributed by atoms with Gasteiger partial charge in [-0.1, -0.05) is 32.4 Å². The van der Waals surface area contributed by atoms with Crippen LogP contribution in [0, 0.1) is 0 Å². The molecule has 0 aromatic rings. The molecule has 0 aliphatic heterocycles. The van der Waals surface area contributed by atoms with Gasteiger partial charge in [-0.05, 0) is 19.4 Å². The summed E-state index contributed by atoms with van der Waals surface area (Å²) in [5.74, 6) is -0.181. The number of hydrogen-bond donors (Lipinski definition) is 3. The Balaban J connectivity index is 0. The molecule has 0 aliphatic carbocycles. The molecule has 17 heavy (non-hydrogen) atoms. The van der Waals surface area contributed by atoms with Crippen LogP contribution in [0.15, 0.2) is 0 Å². The summed E-state index contributed by atoms with van der Waals surface area (Å²) >= 11 is 0. The molecule has 0 fully saturated rings. The first-order valence-corrected chi connectivity index (χ1v) is 6.22. The fourth-order valence-corrected chi connectivity index (χ4v) is 0.997. The SMILES string of the molecule is [B]CC(N)C(=O)NCC.[B]CC(N)CCCC. The van der Waals surface area contributed by atoms with Crippen molar-refractivity contribution in [3.05, 3.63) is 0 Å². The van der Waals surface area contributed by atoms with Crippen molar-refractivity contribution in [3.8, 4) is 0 Å². The number of hydrogen-bond acceptors (Lipinski definition) is 3. The van der Waals surface area contributed by atoms with Crippen molar-refractivity contribution in [2.45, 2.75) is 57.8 Å². The fraction of sp³-hybridized carbons (Fsp3) is 0.909. The number of nitrogens with one attached hydrogen (secondary N) is 1. The summed E-state index contributed by atoms with van der Waals surface area (Å²) in [6, 6.07) is -0.320. The molecule has 0 saturated heterocycles. The molecule has 5 N–H and O–H groups in total. The second-order valence-corrected chi connectivity index (χ2v) is 3.87. The Morgan fingerprint density at radius 2 is 1.82 bits per heavy atom. The van der Waals surface area contributed by atoms with E-state index in [1.165, 1.54) is 12.8 Å². The number of likely N-dealkylation sites (N-methyl/N-ethyl adjacent to an activating group) is 1. The molecule has 0 spiro atoms. The predicted octanol–water partition coefficient (Wildman–Crippen LogP) is 0.127. The maximum absolute atomic E-state index is 10.7. The zero-order chi connectivity index (χ0) is 13.7. The molecule has 1 amide bonds. The summed E-state index contributed by atoms with van der Waals surface area (Å²) in [7, 11) is 10.4. The number of rotatable bonds is 7. The van der Waals surface area contributed by atoms with Crippen LogP contribution in [0.2, 0.25) is 12.6 Å². The summed E-state index contributed by atoms with van der Waals surface area (Å²) in [5, 5.41) is 2.55. The molecule has 0 rings (SSSR count). The van der Waals surface area contributed by atoms with Gasteiger partial charge in [0.1, 0.15) is 0 Å². The lowest BCUT2D eigenvalue weighted by Gasteiger charge is -2.06. The summed E-state index contributed by atoms with van der Waals surface area (Å²) in [6.45, 7) is 4.59. The summed E-state index contributed by atoms with van der Waals surface area (Å²) in [6.07, 6.45) is 4.32. The lowest BCUT2D eigenvalue weighted by Crippen LogP contribution is -2.39. The van der Waals surface area contributed by atoms with Gasteiger partial charge in [-0.15, -0.1) is 0 Å². The molecule has 96 valence electrons. The van der Waals surface area contributed by atoms with E-state index < -0.39 is 6.04 Å². The minimum absolute atomic E-state index is 0.181. The van der Waals surface area contributed by atoms with E-state index >= 15 is 0 Å². The molecule has 0 saturated carbocycles. The summed E-state index contributed by atoms with van der Waals surface area (Å²) in [4.78, 5) is 10.7. The number of unbranched alkanes of at least 4 members (excludes halogenated alkanes) is 1. The van der Waals surface area contributed by atoms with Crippen molar-refractivity contribution in [1.82, 2.24) is 5.32 Å². The van der Waals surface area contributed by atoms with Crippen molar-refractivity contribution in [2.75, 3.05) is 6.54 Å². The van der Waals surface area contributed by atoms with Crippen LogP contribution >= 0.6 is 0 Å². The van der Waals surface area contributed by atoms with E-state index in [9.17, 15) is 4.79 Å². The van der Waals surface area contributed by atoms with Gasteiger partial charge in [0.15, 0.2) is 0 Å². The zero-order valence-electron chi connectivity index (χ0n) is 11.1. The second-order valence-electron chi connectivity index (χ2n) is 3.87. The van der Waals surface area contributed by atoms with Gasteiger partial charge in [0.05, 0.1) is 21.7 Å². The maximum atomic E-state index is 10.7. The van der Waals surface area contributed by atoms with Crippen LogP contribution in [-0.4, -0.2) is 40.2 Å². The zero-order valence-corrected chi connectivity index (χ0v) is 11.1. The van der Waals surface area contributed by atoms with E-state index in [1.54, 1.807) is 0 Å². The highest BCUT2D eigenvalue weighted by atomic mass is 16.2. The third-order valence-corrected chi connectivity index (χ3v) is 2.17. The van der Waals surface area contributed by atoms with Crippen molar-refractivity contribution in [3.63, 3.8) is 0 Å². The molecular weight excluding hydrogens is 212 g/mol. The van der Waals surface area contributed by atoms with Crippen LogP contribution in [-0.2, 0) is 4.79 Å². The Bertz CT molecular complexity index is 182. The van der Waals surface area contributed by atoms with E-state index in [4.69, 9.17) is 27.2 Å². The second kappa shape index (κ2) is 13.6. The highest BCUT2D eigenvalue weighted by Gasteiger charge is 2.07. The Morgan fingerprint density at radius 1 is 1.24 bits per heavy atom. The van der Waals surface area contributed by atoms with Gasteiger partial charge in [0, 0.05) is 6.54 Å². The largest absolute Gasteiger partial charge is 0.355 e. The van der Waals surface area contributed by atoms with Gasteiger partial charge in [-0.3, -0.25) is 4.79 Å². The molecule has 6 heteroatoms. The maximum Gasteiger partial charge on any atom is 0.236 e. The molecular formula is C11H25B2N3O. The number of carbonyl (C=O) groups is 1. The third-order valence-electron chi connectivity index (χ3n) is 2.17. The van der Waals surface area contributed by atoms with Crippen LogP contribution in [0.5, 0.6) is 0 Å². The Kier molecular flexibility index (Phi) is 15.1. The van der Waals surface area contributed by atoms with Crippen LogP contribution in [0.25, 0.3) is 0 Å². The third kappa shape index (κ3) is 13.5. The van der Waals surface area contributed by atoms with Crippen molar-refractivity contribution < 1.29 is 4.79 Å². The van der Waals surface area contributed by atoms with Crippen LogP contribution in [0.1, 0.15) is 33.1 Å². The normalized spacial score (nSPS) is 13.2. The first-order chi connectivity index (χ1) is 8.03. The van der Waals surface area contributed by atoms with E-state index in [1.807, 2.05) is 6.92 Å². The molecule has 0 aliphatic rings. The van der Waals surface area contributed by atoms with E-state index in [0.29, 0.717) is 12.9 Å². The number of amides is 1. The van der Waals surface area contributed by atoms with Crippen LogP contribution < -0.4 is 16.8 Å². The van der Waals surface area contributed by atoms with Gasteiger partial charge in [0.2, 0.25) is 5.91 Å². The first-order valence-electron chi connectivity index (χ1n) is 6.22. The van der Waals surface area contributed by atoms with Gasteiger partial charge in [-0.25, -0.2) is 0 Å². The fourth-order valence-electron chi connectivity index (χ4n) is 0.997. The molecule has 0 aromatic carbocycles. The van der Waals surface area contributed by atoms with Crippen LogP contribution in [0.3, 0.4) is 0 Å². The lowest BCUT2D eigenvalue weighted by molar-refractivity contribution is -0.121. The Hall–Kier alpha value is -0.480. The van der Waals surface area contributed by atoms with Gasteiger partial charge in [0.25, 0.3) is 0 Å². The van der Waals surface area contributed by atoms with Crippen LogP contribution in [0.4, 0.5) is 0 Å². The molecule has 4 nitrogen and oxygen atoms in total. The number of nitrogens with two attached hydrogens (primary N) is 2. The number of carbonyl (C=O) groups excluding carboxylic acids is 1. The van der Waals surface area contributed by atoms with Crippen molar-refractivity contribution >= 4 is 21.6 Å². The molecule has 0 bridgehead atoms. The standard InChI is InChI=1S/C6H14BN.C5H11BN2O/c1-2-3-4-6(8)5-7;1-2-8-5(9)4(7)3-6/h6H,2-5,8H2,1H3;4H,2-3,7H2,1H3,(H,8,9). The minimum Gasteiger partial charge on any atom is -0.355 e. The Labute approximate surface area is 108 Å². The summed E-state index contributed by atoms with van der Waals surface area (Å²) in [5.41, 5.74) is 10.8. The lowest BCUT2D eigenvalue weighted by atomic mass is 9.94. The average molecular weight is 237 g/mol. The highest BCUT2D eigenvalue weighted by molar-refractivity contribution is 6.11. The molecule has 4 radical (unpaired) electrons. The topological polar surface area (TPSA) is 81.1 Å². The highest BCUT2D eigenvalue weighted by Crippen LogP contribution is 1.99. The predicted molar refractivity (Wildman–Crippen MR) is 75.3 cm³/mol. The van der Waals surface area contributed by atoms with E-state index in [0.717, 1.165) is 6.42 Å².